The zero-order valence-corrected chi connectivity index (χ0v) is 10.9. The minimum Gasteiger partial charge on any atom is -0.478 e. The Kier molecular flexibility index (Phi) is 3.70. The Morgan fingerprint density at radius 1 is 1.33 bits per heavy atom. The number of carboxylic acid groups (broad SMARTS) is 1. The van der Waals surface area contributed by atoms with E-state index in [4.69, 9.17) is 5.11 Å². The third-order valence-corrected chi connectivity index (χ3v) is 2.85. The molecule has 0 atom stereocenters. The minimum atomic E-state index is -1.10. The second-order valence-electron chi connectivity index (χ2n) is 4.32. The van der Waals surface area contributed by atoms with Crippen molar-refractivity contribution in [3.8, 4) is 0 Å². The number of hydrogen-bond acceptors (Lipinski definition) is 4. The standard InChI is InChI=1S/C13H11N3O5/c1-7-2-3-8(4-10(7)13(18)19)15-12(17)11-5-9(6-14-11)16(20)21/h2-6,14H,1H3,(H,15,17)(H,18,19). The predicted molar refractivity (Wildman–Crippen MR) is 73.5 cm³/mol. The van der Waals surface area contributed by atoms with Crippen LogP contribution in [0.5, 0.6) is 0 Å². The molecule has 0 spiro atoms. The van der Waals surface area contributed by atoms with Crippen molar-refractivity contribution in [1.82, 2.24) is 4.98 Å². The molecule has 0 radical (unpaired) electrons. The molecule has 0 aliphatic carbocycles. The molecule has 0 saturated carbocycles. The fraction of sp³-hybridized carbons (Fsp3) is 0.0769. The summed E-state index contributed by atoms with van der Waals surface area (Å²) in [5.74, 6) is -1.69. The summed E-state index contributed by atoms with van der Waals surface area (Å²) in [7, 11) is 0. The lowest BCUT2D eigenvalue weighted by atomic mass is 10.1. The van der Waals surface area contributed by atoms with Gasteiger partial charge in [-0.25, -0.2) is 4.79 Å². The Labute approximate surface area is 118 Å². The Morgan fingerprint density at radius 3 is 2.62 bits per heavy atom. The number of aromatic amines is 1. The molecular formula is C13H11N3O5. The van der Waals surface area contributed by atoms with Gasteiger partial charge in [0, 0.05) is 11.8 Å². The second-order valence-corrected chi connectivity index (χ2v) is 4.32. The summed E-state index contributed by atoms with van der Waals surface area (Å²) < 4.78 is 0. The highest BCUT2D eigenvalue weighted by atomic mass is 16.6. The third kappa shape index (κ3) is 3.06. The van der Waals surface area contributed by atoms with E-state index >= 15 is 0 Å². The van der Waals surface area contributed by atoms with E-state index in [2.05, 4.69) is 10.3 Å². The predicted octanol–water partition coefficient (Wildman–Crippen LogP) is 2.18. The van der Waals surface area contributed by atoms with E-state index in [-0.39, 0.29) is 16.9 Å². The number of aromatic nitrogens is 1. The Hall–Kier alpha value is -3.16. The molecule has 0 fully saturated rings. The number of hydrogen-bond donors (Lipinski definition) is 3. The van der Waals surface area contributed by atoms with Crippen molar-refractivity contribution >= 4 is 23.3 Å². The quantitative estimate of drug-likeness (QED) is 0.587. The van der Waals surface area contributed by atoms with Gasteiger partial charge in [0.25, 0.3) is 11.6 Å². The molecule has 0 saturated heterocycles. The molecule has 0 aliphatic heterocycles. The first kappa shape index (κ1) is 14.3. The first-order chi connectivity index (χ1) is 9.88. The fourth-order valence-electron chi connectivity index (χ4n) is 1.75. The average Bonchev–Trinajstić information content (AvgIpc) is 2.90. The summed E-state index contributed by atoms with van der Waals surface area (Å²) in [4.78, 5) is 35.3. The molecule has 0 unspecified atom stereocenters. The average molecular weight is 289 g/mol. The number of benzene rings is 1. The Morgan fingerprint density at radius 2 is 2.05 bits per heavy atom. The molecule has 0 aliphatic rings. The van der Waals surface area contributed by atoms with E-state index in [1.165, 1.54) is 6.07 Å². The molecule has 2 aromatic rings. The highest BCUT2D eigenvalue weighted by Crippen LogP contribution is 2.17. The number of carbonyl (C=O) groups is 2. The number of nitrogens with one attached hydrogen (secondary N) is 2. The molecule has 1 aromatic carbocycles. The van der Waals surface area contributed by atoms with Crippen LogP contribution >= 0.6 is 0 Å². The summed E-state index contributed by atoms with van der Waals surface area (Å²) in [6.45, 7) is 1.64. The highest BCUT2D eigenvalue weighted by molar-refractivity contribution is 6.04. The number of aromatic carboxylic acids is 1. The fourth-order valence-corrected chi connectivity index (χ4v) is 1.75. The molecule has 1 amide bonds. The van der Waals surface area contributed by atoms with E-state index in [0.29, 0.717) is 11.3 Å². The molecule has 3 N–H and O–H groups in total. The molecular weight excluding hydrogens is 278 g/mol. The van der Waals surface area contributed by atoms with Crippen molar-refractivity contribution in [3.05, 3.63) is 57.4 Å². The first-order valence-corrected chi connectivity index (χ1v) is 5.86. The maximum absolute atomic E-state index is 11.9. The van der Waals surface area contributed by atoms with Gasteiger partial charge in [0.15, 0.2) is 0 Å². The summed E-state index contributed by atoms with van der Waals surface area (Å²) in [6, 6.07) is 5.54. The van der Waals surface area contributed by atoms with Gasteiger partial charge in [0.1, 0.15) is 5.69 Å². The van der Waals surface area contributed by atoms with Crippen molar-refractivity contribution in [1.29, 1.82) is 0 Å². The zero-order valence-electron chi connectivity index (χ0n) is 10.9. The lowest BCUT2D eigenvalue weighted by molar-refractivity contribution is -0.384. The lowest BCUT2D eigenvalue weighted by Crippen LogP contribution is -2.13. The van der Waals surface area contributed by atoms with Crippen molar-refractivity contribution in [2.24, 2.45) is 0 Å². The SMILES string of the molecule is Cc1ccc(NC(=O)c2cc([N+](=O)[O-])c[nH]2)cc1C(=O)O. The monoisotopic (exact) mass is 289 g/mol. The van der Waals surface area contributed by atoms with Gasteiger partial charge in [-0.3, -0.25) is 14.9 Å². The summed E-state index contributed by atoms with van der Waals surface area (Å²) in [5.41, 5.74) is 0.718. The van der Waals surface area contributed by atoms with Gasteiger partial charge in [-0.05, 0) is 24.6 Å². The van der Waals surface area contributed by atoms with Crippen LogP contribution in [0.4, 0.5) is 11.4 Å². The largest absolute Gasteiger partial charge is 0.478 e. The number of nitrogens with zero attached hydrogens (tertiary/aromatic N) is 1. The van der Waals surface area contributed by atoms with Crippen LogP contribution in [0.2, 0.25) is 0 Å². The van der Waals surface area contributed by atoms with Crippen LogP contribution in [-0.4, -0.2) is 26.9 Å². The Bertz CT molecular complexity index is 735. The number of amides is 1. The number of aryl methyl sites for hydroxylation is 1. The topological polar surface area (TPSA) is 125 Å². The Balaban J connectivity index is 2.21. The number of anilines is 1. The van der Waals surface area contributed by atoms with Crippen molar-refractivity contribution in [2.75, 3.05) is 5.32 Å². The van der Waals surface area contributed by atoms with Crippen LogP contribution in [0.25, 0.3) is 0 Å². The van der Waals surface area contributed by atoms with Crippen molar-refractivity contribution < 1.29 is 19.6 Å². The normalized spacial score (nSPS) is 10.1. The molecule has 2 rings (SSSR count). The number of H-pyrrole nitrogens is 1. The first-order valence-electron chi connectivity index (χ1n) is 5.86. The van der Waals surface area contributed by atoms with E-state index in [0.717, 1.165) is 12.3 Å². The van der Waals surface area contributed by atoms with Crippen LogP contribution in [0.3, 0.4) is 0 Å². The van der Waals surface area contributed by atoms with Crippen LogP contribution < -0.4 is 5.32 Å². The van der Waals surface area contributed by atoms with Gasteiger partial charge in [-0.15, -0.1) is 0 Å². The second kappa shape index (κ2) is 5.45. The molecule has 1 aromatic heterocycles. The molecule has 8 heteroatoms. The van der Waals surface area contributed by atoms with Gasteiger partial charge in [0.2, 0.25) is 0 Å². The van der Waals surface area contributed by atoms with Gasteiger partial charge in [-0.2, -0.15) is 0 Å². The van der Waals surface area contributed by atoms with Gasteiger partial charge in [-0.1, -0.05) is 6.07 Å². The summed E-state index contributed by atoms with van der Waals surface area (Å²) >= 11 is 0. The molecule has 0 bridgehead atoms. The number of carboxylic acids is 1. The maximum atomic E-state index is 11.9. The van der Waals surface area contributed by atoms with Crippen LogP contribution in [-0.2, 0) is 0 Å². The van der Waals surface area contributed by atoms with Crippen molar-refractivity contribution in [2.45, 2.75) is 6.92 Å². The molecule has 108 valence electrons. The van der Waals surface area contributed by atoms with E-state index < -0.39 is 16.8 Å². The maximum Gasteiger partial charge on any atom is 0.336 e. The number of carbonyl (C=O) groups excluding carboxylic acids is 1. The smallest absolute Gasteiger partial charge is 0.336 e. The third-order valence-electron chi connectivity index (χ3n) is 2.85. The molecule has 8 nitrogen and oxygen atoms in total. The van der Waals surface area contributed by atoms with Gasteiger partial charge < -0.3 is 15.4 Å². The van der Waals surface area contributed by atoms with Crippen LogP contribution in [0.1, 0.15) is 26.4 Å². The van der Waals surface area contributed by atoms with Gasteiger partial charge >= 0.3 is 5.97 Å². The minimum absolute atomic E-state index is 0.0131. The molecule has 1 heterocycles. The zero-order chi connectivity index (χ0) is 15.6. The van der Waals surface area contributed by atoms with E-state index in [1.807, 2.05) is 0 Å². The molecule has 21 heavy (non-hydrogen) atoms. The highest BCUT2D eigenvalue weighted by Gasteiger charge is 2.15. The van der Waals surface area contributed by atoms with Crippen LogP contribution in [0.15, 0.2) is 30.5 Å². The summed E-state index contributed by atoms with van der Waals surface area (Å²) in [6.07, 6.45) is 1.10. The number of rotatable bonds is 4. The van der Waals surface area contributed by atoms with E-state index in [1.54, 1.807) is 19.1 Å². The van der Waals surface area contributed by atoms with Crippen molar-refractivity contribution in [3.63, 3.8) is 0 Å². The van der Waals surface area contributed by atoms with Crippen LogP contribution in [0, 0.1) is 17.0 Å². The lowest BCUT2D eigenvalue weighted by Gasteiger charge is -2.06. The van der Waals surface area contributed by atoms with Gasteiger partial charge in [0.05, 0.1) is 16.7 Å². The number of nitro groups is 1. The summed E-state index contributed by atoms with van der Waals surface area (Å²) in [5, 5.41) is 22.0. The van der Waals surface area contributed by atoms with E-state index in [9.17, 15) is 19.7 Å².